The number of rotatable bonds is 2. The molecule has 1 saturated heterocycles. The van der Waals surface area contributed by atoms with Gasteiger partial charge in [-0.05, 0) is 32.1 Å². The first-order valence-electron chi connectivity index (χ1n) is 6.58. The molecule has 0 spiro atoms. The van der Waals surface area contributed by atoms with Crippen LogP contribution in [0.4, 0.5) is 5.82 Å². The average Bonchev–Trinajstić information content (AvgIpc) is 2.34. The van der Waals surface area contributed by atoms with Crippen LogP contribution in [0.5, 0.6) is 0 Å². The fourth-order valence-electron chi connectivity index (χ4n) is 2.86. The number of aryl methyl sites for hydroxylation is 1. The lowest BCUT2D eigenvalue weighted by Crippen LogP contribution is -2.67. The zero-order valence-corrected chi connectivity index (χ0v) is 10.4. The lowest BCUT2D eigenvalue weighted by atomic mass is 9.87. The van der Waals surface area contributed by atoms with Gasteiger partial charge in [-0.2, -0.15) is 0 Å². The van der Waals surface area contributed by atoms with Gasteiger partial charge in [0.15, 0.2) is 0 Å². The van der Waals surface area contributed by atoms with Crippen LogP contribution in [-0.4, -0.2) is 28.6 Å². The molecule has 1 aromatic heterocycles. The predicted octanol–water partition coefficient (Wildman–Crippen LogP) is 1.28. The Balaban J connectivity index is 1.85. The molecule has 1 aliphatic heterocycles. The second kappa shape index (κ2) is 3.95. The van der Waals surface area contributed by atoms with Gasteiger partial charge in [0.2, 0.25) is 0 Å². The van der Waals surface area contributed by atoms with Gasteiger partial charge in [0.1, 0.15) is 12.1 Å². The van der Waals surface area contributed by atoms with E-state index in [4.69, 9.17) is 5.73 Å². The van der Waals surface area contributed by atoms with Crippen molar-refractivity contribution in [3.8, 4) is 0 Å². The van der Waals surface area contributed by atoms with E-state index in [0.717, 1.165) is 38.2 Å². The molecule has 3 rings (SSSR count). The molecule has 4 heteroatoms. The second-order valence-electron chi connectivity index (χ2n) is 5.40. The van der Waals surface area contributed by atoms with Crippen LogP contribution in [-0.2, 0) is 12.8 Å². The van der Waals surface area contributed by atoms with Crippen LogP contribution in [0.3, 0.4) is 0 Å². The summed E-state index contributed by atoms with van der Waals surface area (Å²) < 4.78 is 0. The normalized spacial score (nSPS) is 21.9. The van der Waals surface area contributed by atoms with Crippen molar-refractivity contribution < 1.29 is 0 Å². The Morgan fingerprint density at radius 2 is 2.06 bits per heavy atom. The maximum Gasteiger partial charge on any atom is 0.135 e. The van der Waals surface area contributed by atoms with Crippen LogP contribution in [0.1, 0.15) is 37.4 Å². The van der Waals surface area contributed by atoms with Gasteiger partial charge in [0.25, 0.3) is 0 Å². The molecule has 1 fully saturated rings. The average molecular weight is 232 g/mol. The first kappa shape index (κ1) is 11.0. The number of hydrogen-bond donors (Lipinski definition) is 1. The van der Waals surface area contributed by atoms with E-state index in [0.29, 0.717) is 0 Å². The van der Waals surface area contributed by atoms with E-state index in [1.165, 1.54) is 24.1 Å². The summed E-state index contributed by atoms with van der Waals surface area (Å²) in [4.78, 5) is 11.2. The molecule has 0 unspecified atom stereocenters. The molecule has 2 aliphatic rings. The van der Waals surface area contributed by atoms with E-state index < -0.39 is 0 Å². The Hall–Kier alpha value is -1.16. The third kappa shape index (κ3) is 1.80. The van der Waals surface area contributed by atoms with Gasteiger partial charge in [0.05, 0.1) is 5.54 Å². The second-order valence-corrected chi connectivity index (χ2v) is 5.40. The molecule has 1 aliphatic carbocycles. The fourth-order valence-corrected chi connectivity index (χ4v) is 2.86. The first-order chi connectivity index (χ1) is 8.22. The quantitative estimate of drug-likeness (QED) is 0.834. The fraction of sp³-hybridized carbons (Fsp3) is 0.692. The molecule has 17 heavy (non-hydrogen) atoms. The molecule has 0 radical (unpaired) electrons. The molecule has 0 aromatic carbocycles. The first-order valence-corrected chi connectivity index (χ1v) is 6.58. The predicted molar refractivity (Wildman–Crippen MR) is 68.1 cm³/mol. The summed E-state index contributed by atoms with van der Waals surface area (Å²) in [6.45, 7) is 4.03. The summed E-state index contributed by atoms with van der Waals surface area (Å²) in [7, 11) is 0. The topological polar surface area (TPSA) is 55.0 Å². The molecule has 0 saturated carbocycles. The van der Waals surface area contributed by atoms with Crippen LogP contribution in [0.15, 0.2) is 6.33 Å². The Bertz CT molecular complexity index is 423. The van der Waals surface area contributed by atoms with Crippen LogP contribution in [0.25, 0.3) is 0 Å². The Labute approximate surface area is 102 Å². The minimum absolute atomic E-state index is 0.00645. The minimum Gasteiger partial charge on any atom is -0.352 e. The van der Waals surface area contributed by atoms with Crippen molar-refractivity contribution in [3.63, 3.8) is 0 Å². The lowest BCUT2D eigenvalue weighted by Gasteiger charge is -2.48. The highest BCUT2D eigenvalue weighted by atomic mass is 15.3. The summed E-state index contributed by atoms with van der Waals surface area (Å²) in [6.07, 6.45) is 7.52. The highest BCUT2D eigenvalue weighted by Gasteiger charge is 2.39. The molecule has 0 atom stereocenters. The summed E-state index contributed by atoms with van der Waals surface area (Å²) in [5.41, 5.74) is 8.86. The maximum atomic E-state index is 6.22. The molecule has 4 nitrogen and oxygen atoms in total. The Morgan fingerprint density at radius 1 is 1.29 bits per heavy atom. The van der Waals surface area contributed by atoms with Gasteiger partial charge in [-0.1, -0.05) is 6.92 Å². The van der Waals surface area contributed by atoms with Crippen molar-refractivity contribution in [2.24, 2.45) is 5.73 Å². The smallest absolute Gasteiger partial charge is 0.135 e. The van der Waals surface area contributed by atoms with Crippen LogP contribution in [0, 0.1) is 0 Å². The van der Waals surface area contributed by atoms with E-state index >= 15 is 0 Å². The third-order valence-electron chi connectivity index (χ3n) is 4.12. The van der Waals surface area contributed by atoms with Gasteiger partial charge in [-0.3, -0.25) is 0 Å². The molecule has 2 N–H and O–H groups in total. The zero-order valence-electron chi connectivity index (χ0n) is 10.4. The Kier molecular flexibility index (Phi) is 2.54. The molecular formula is C13H20N4. The highest BCUT2D eigenvalue weighted by molar-refractivity contribution is 5.53. The third-order valence-corrected chi connectivity index (χ3v) is 4.12. The van der Waals surface area contributed by atoms with E-state index in [-0.39, 0.29) is 5.54 Å². The number of hydrogen-bond acceptors (Lipinski definition) is 4. The van der Waals surface area contributed by atoms with Crippen LogP contribution >= 0.6 is 0 Å². The van der Waals surface area contributed by atoms with Gasteiger partial charge in [-0.25, -0.2) is 9.97 Å². The summed E-state index contributed by atoms with van der Waals surface area (Å²) in [6, 6.07) is 0. The molecule has 0 amide bonds. The van der Waals surface area contributed by atoms with E-state index in [9.17, 15) is 0 Å². The molecule has 1 aromatic rings. The molecule has 92 valence electrons. The number of nitrogens with two attached hydrogens (primary N) is 1. The number of anilines is 1. The summed E-state index contributed by atoms with van der Waals surface area (Å²) >= 11 is 0. The van der Waals surface area contributed by atoms with Crippen molar-refractivity contribution >= 4 is 5.82 Å². The minimum atomic E-state index is 0.00645. The largest absolute Gasteiger partial charge is 0.352 e. The molecule has 0 bridgehead atoms. The van der Waals surface area contributed by atoms with Gasteiger partial charge in [-0.15, -0.1) is 0 Å². The van der Waals surface area contributed by atoms with Crippen molar-refractivity contribution in [1.29, 1.82) is 0 Å². The lowest BCUT2D eigenvalue weighted by molar-refractivity contribution is 0.319. The number of fused-ring (bicyclic) bond motifs is 1. The van der Waals surface area contributed by atoms with E-state index in [2.05, 4.69) is 21.8 Å². The van der Waals surface area contributed by atoms with E-state index in [1.54, 1.807) is 6.33 Å². The van der Waals surface area contributed by atoms with Gasteiger partial charge < -0.3 is 10.6 Å². The molecular weight excluding hydrogens is 212 g/mol. The van der Waals surface area contributed by atoms with Crippen molar-refractivity contribution in [3.05, 3.63) is 17.6 Å². The van der Waals surface area contributed by atoms with Crippen molar-refractivity contribution in [2.75, 3.05) is 18.0 Å². The van der Waals surface area contributed by atoms with Crippen molar-refractivity contribution in [1.82, 2.24) is 9.97 Å². The van der Waals surface area contributed by atoms with Crippen LogP contribution in [0.2, 0.25) is 0 Å². The summed E-state index contributed by atoms with van der Waals surface area (Å²) in [5.74, 6) is 1.14. The zero-order chi connectivity index (χ0) is 11.9. The standard InChI is InChI=1S/C13H20N4/c1-2-13(14)7-17(8-13)12-10-5-3-4-6-11(10)15-9-16-12/h9H,2-8,14H2,1H3. The monoisotopic (exact) mass is 232 g/mol. The number of nitrogens with zero attached hydrogens (tertiary/aromatic N) is 3. The van der Waals surface area contributed by atoms with Crippen LogP contribution < -0.4 is 10.6 Å². The summed E-state index contributed by atoms with van der Waals surface area (Å²) in [5, 5.41) is 0. The molecule has 2 heterocycles. The van der Waals surface area contributed by atoms with Crippen molar-refractivity contribution in [2.45, 2.75) is 44.6 Å². The Morgan fingerprint density at radius 3 is 2.82 bits per heavy atom. The van der Waals surface area contributed by atoms with Gasteiger partial charge >= 0.3 is 0 Å². The highest BCUT2D eigenvalue weighted by Crippen LogP contribution is 2.32. The number of aromatic nitrogens is 2. The SMILES string of the molecule is CCC1(N)CN(c2ncnc3c2CCCC3)C1. The van der Waals surface area contributed by atoms with E-state index in [1.807, 2.05) is 0 Å². The maximum absolute atomic E-state index is 6.22. The van der Waals surface area contributed by atoms with Gasteiger partial charge in [0, 0.05) is 24.3 Å².